The van der Waals surface area contributed by atoms with Crippen molar-refractivity contribution < 1.29 is 27.8 Å². The van der Waals surface area contributed by atoms with Crippen molar-refractivity contribution in [2.45, 2.75) is 0 Å². The molecule has 3 aromatic carbocycles. The quantitative estimate of drug-likeness (QED) is 0.373. The molecule has 0 unspecified atom stereocenters. The van der Waals surface area contributed by atoms with Gasteiger partial charge in [0.2, 0.25) is 5.78 Å². The van der Waals surface area contributed by atoms with Crippen LogP contribution < -0.4 is 9.47 Å². The summed E-state index contributed by atoms with van der Waals surface area (Å²) in [4.78, 5) is 24.6. The lowest BCUT2D eigenvalue weighted by Crippen LogP contribution is -2.08. The molecule has 0 saturated carbocycles. The molecule has 138 valence electrons. The molecular weight excluding hydrogens is 366 g/mol. The standard InChI is InChI=1S/C22H12F2O4/c23-15-7-5-13(6-8-15)22(26)27-16-9-10-17-19(12-16)28-20(21(17)25)11-14-3-1-2-4-18(14)24/h1-12H/b20-11-. The van der Waals surface area contributed by atoms with Gasteiger partial charge in [-0.25, -0.2) is 13.6 Å². The Morgan fingerprint density at radius 1 is 0.964 bits per heavy atom. The summed E-state index contributed by atoms with van der Waals surface area (Å²) >= 11 is 0. The average Bonchev–Trinajstić information content (AvgIpc) is 2.99. The molecule has 0 fully saturated rings. The van der Waals surface area contributed by atoms with Crippen molar-refractivity contribution in [2.75, 3.05) is 0 Å². The normalized spacial score (nSPS) is 13.9. The lowest BCUT2D eigenvalue weighted by Gasteiger charge is -2.05. The van der Waals surface area contributed by atoms with Crippen LogP contribution in [0.5, 0.6) is 11.5 Å². The monoisotopic (exact) mass is 378 g/mol. The summed E-state index contributed by atoms with van der Waals surface area (Å²) in [5, 5.41) is 0. The predicted octanol–water partition coefficient (Wildman–Crippen LogP) is 4.80. The molecule has 0 aromatic heterocycles. The summed E-state index contributed by atoms with van der Waals surface area (Å²) in [6.45, 7) is 0. The van der Waals surface area contributed by atoms with Gasteiger partial charge in [0, 0.05) is 11.6 Å². The number of benzene rings is 3. The number of fused-ring (bicyclic) bond motifs is 1. The summed E-state index contributed by atoms with van der Waals surface area (Å²) in [7, 11) is 0. The number of hydrogen-bond acceptors (Lipinski definition) is 4. The fourth-order valence-corrected chi connectivity index (χ4v) is 2.72. The van der Waals surface area contributed by atoms with E-state index < -0.39 is 23.4 Å². The van der Waals surface area contributed by atoms with Gasteiger partial charge in [-0.05, 0) is 48.5 Å². The molecular formula is C22H12F2O4. The van der Waals surface area contributed by atoms with Crippen LogP contribution in [-0.2, 0) is 0 Å². The average molecular weight is 378 g/mol. The SMILES string of the molecule is O=C(Oc1ccc2c(c1)O/C(=C\c1ccccc1F)C2=O)c1ccc(F)cc1. The number of ketones is 1. The van der Waals surface area contributed by atoms with E-state index in [1.807, 2.05) is 0 Å². The second-order valence-electron chi connectivity index (χ2n) is 6.02. The third-order valence-electron chi connectivity index (χ3n) is 4.12. The largest absolute Gasteiger partial charge is 0.452 e. The maximum atomic E-state index is 13.8. The van der Waals surface area contributed by atoms with Gasteiger partial charge >= 0.3 is 5.97 Å². The van der Waals surface area contributed by atoms with Crippen LogP contribution in [0.3, 0.4) is 0 Å². The molecule has 0 spiro atoms. The summed E-state index contributed by atoms with van der Waals surface area (Å²) in [6.07, 6.45) is 1.32. The van der Waals surface area contributed by atoms with Crippen LogP contribution in [0.25, 0.3) is 6.08 Å². The van der Waals surface area contributed by atoms with E-state index in [1.165, 1.54) is 48.5 Å². The van der Waals surface area contributed by atoms with Gasteiger partial charge in [-0.1, -0.05) is 18.2 Å². The van der Waals surface area contributed by atoms with E-state index in [1.54, 1.807) is 12.1 Å². The van der Waals surface area contributed by atoms with E-state index in [0.717, 1.165) is 12.1 Å². The Bertz CT molecular complexity index is 1120. The fraction of sp³-hybridized carbons (Fsp3) is 0. The highest BCUT2D eigenvalue weighted by atomic mass is 19.1. The van der Waals surface area contributed by atoms with Crippen molar-refractivity contribution in [3.8, 4) is 11.5 Å². The highest BCUT2D eigenvalue weighted by Crippen LogP contribution is 2.35. The van der Waals surface area contributed by atoms with Gasteiger partial charge in [-0.2, -0.15) is 0 Å². The Hall–Kier alpha value is -3.80. The van der Waals surface area contributed by atoms with Crippen LogP contribution in [0.1, 0.15) is 26.3 Å². The van der Waals surface area contributed by atoms with Crippen molar-refractivity contribution in [1.29, 1.82) is 0 Å². The summed E-state index contributed by atoms with van der Waals surface area (Å²) in [6, 6.07) is 15.2. The molecule has 0 bridgehead atoms. The third kappa shape index (κ3) is 3.40. The Kier molecular flexibility index (Phi) is 4.45. The van der Waals surface area contributed by atoms with Gasteiger partial charge in [0.25, 0.3) is 0 Å². The van der Waals surface area contributed by atoms with Gasteiger partial charge in [-0.3, -0.25) is 4.79 Å². The molecule has 0 amide bonds. The molecule has 6 heteroatoms. The van der Waals surface area contributed by atoms with Crippen LogP contribution >= 0.6 is 0 Å². The van der Waals surface area contributed by atoms with Crippen LogP contribution in [0, 0.1) is 11.6 Å². The zero-order valence-electron chi connectivity index (χ0n) is 14.3. The van der Waals surface area contributed by atoms with Crippen LogP contribution in [0.4, 0.5) is 8.78 Å². The first kappa shape index (κ1) is 17.6. The number of carbonyl (C=O) groups excluding carboxylic acids is 2. The molecule has 1 aliphatic heterocycles. The van der Waals surface area contributed by atoms with E-state index in [-0.39, 0.29) is 33.9 Å². The topological polar surface area (TPSA) is 52.6 Å². The van der Waals surface area contributed by atoms with Gasteiger partial charge in [-0.15, -0.1) is 0 Å². The first-order chi connectivity index (χ1) is 13.5. The molecule has 4 rings (SSSR count). The molecule has 4 nitrogen and oxygen atoms in total. The molecule has 1 heterocycles. The molecule has 0 radical (unpaired) electrons. The molecule has 28 heavy (non-hydrogen) atoms. The first-order valence-electron chi connectivity index (χ1n) is 8.32. The molecule has 0 atom stereocenters. The Balaban J connectivity index is 1.56. The number of esters is 1. The first-order valence-corrected chi connectivity index (χ1v) is 8.32. The zero-order chi connectivity index (χ0) is 19.7. The maximum Gasteiger partial charge on any atom is 0.343 e. The number of ether oxygens (including phenoxy) is 2. The smallest absolute Gasteiger partial charge is 0.343 e. The van der Waals surface area contributed by atoms with Crippen molar-refractivity contribution in [3.05, 3.63) is 101 Å². The number of Topliss-reactive ketones (excluding diaryl/α,β-unsaturated/α-hetero) is 1. The van der Waals surface area contributed by atoms with Gasteiger partial charge in [0.1, 0.15) is 23.1 Å². The second-order valence-corrected chi connectivity index (χ2v) is 6.02. The number of hydrogen-bond donors (Lipinski definition) is 0. The molecule has 0 N–H and O–H groups in total. The van der Waals surface area contributed by atoms with E-state index in [2.05, 4.69) is 0 Å². The van der Waals surface area contributed by atoms with Gasteiger partial charge in [0.05, 0.1) is 11.1 Å². The highest BCUT2D eigenvalue weighted by Gasteiger charge is 2.28. The number of rotatable bonds is 3. The summed E-state index contributed by atoms with van der Waals surface area (Å²) in [5.74, 6) is -1.67. The zero-order valence-corrected chi connectivity index (χ0v) is 14.3. The molecule has 0 saturated heterocycles. The Labute approximate surface area is 158 Å². The van der Waals surface area contributed by atoms with Crippen molar-refractivity contribution in [2.24, 2.45) is 0 Å². The van der Waals surface area contributed by atoms with Crippen LogP contribution in [0.2, 0.25) is 0 Å². The highest BCUT2D eigenvalue weighted by molar-refractivity contribution is 6.14. The number of allylic oxidation sites excluding steroid dienone is 1. The summed E-state index contributed by atoms with van der Waals surface area (Å²) in [5.41, 5.74) is 0.685. The minimum absolute atomic E-state index is 0.0258. The van der Waals surface area contributed by atoms with Crippen molar-refractivity contribution >= 4 is 17.8 Å². The van der Waals surface area contributed by atoms with Crippen molar-refractivity contribution in [1.82, 2.24) is 0 Å². The number of carbonyl (C=O) groups is 2. The lowest BCUT2D eigenvalue weighted by atomic mass is 10.1. The lowest BCUT2D eigenvalue weighted by molar-refractivity contribution is 0.0734. The Morgan fingerprint density at radius 2 is 1.71 bits per heavy atom. The van der Waals surface area contributed by atoms with E-state index >= 15 is 0 Å². The van der Waals surface area contributed by atoms with E-state index in [4.69, 9.17) is 9.47 Å². The van der Waals surface area contributed by atoms with Crippen molar-refractivity contribution in [3.63, 3.8) is 0 Å². The minimum atomic E-state index is -0.675. The van der Waals surface area contributed by atoms with Gasteiger partial charge in [0.15, 0.2) is 5.76 Å². The minimum Gasteiger partial charge on any atom is -0.452 e. The molecule has 3 aromatic rings. The van der Waals surface area contributed by atoms with E-state index in [9.17, 15) is 18.4 Å². The van der Waals surface area contributed by atoms with E-state index in [0.29, 0.717) is 0 Å². The number of halogens is 2. The third-order valence-corrected chi connectivity index (χ3v) is 4.12. The van der Waals surface area contributed by atoms with Crippen LogP contribution in [-0.4, -0.2) is 11.8 Å². The van der Waals surface area contributed by atoms with Crippen LogP contribution in [0.15, 0.2) is 72.5 Å². The Morgan fingerprint density at radius 3 is 2.46 bits per heavy atom. The fourth-order valence-electron chi connectivity index (χ4n) is 2.72. The second kappa shape index (κ2) is 7.08. The molecule has 0 aliphatic carbocycles. The predicted molar refractivity (Wildman–Crippen MR) is 97.1 cm³/mol. The maximum absolute atomic E-state index is 13.8. The molecule has 1 aliphatic rings. The van der Waals surface area contributed by atoms with Gasteiger partial charge < -0.3 is 9.47 Å². The summed E-state index contributed by atoms with van der Waals surface area (Å²) < 4.78 is 37.5.